The molecular weight excluding hydrogens is 220 g/mol. The highest BCUT2D eigenvalue weighted by Gasteiger charge is 2.47. The van der Waals surface area contributed by atoms with E-state index in [1.54, 1.807) is 0 Å². The number of ether oxygens (including phenoxy) is 2. The van der Waals surface area contributed by atoms with Crippen molar-refractivity contribution in [3.8, 4) is 0 Å². The minimum Gasteiger partial charge on any atom is -0.490 e. The Balaban J connectivity index is 1.90. The summed E-state index contributed by atoms with van der Waals surface area (Å²) < 4.78 is 11.0. The van der Waals surface area contributed by atoms with E-state index in [-0.39, 0.29) is 17.9 Å². The van der Waals surface area contributed by atoms with Crippen LogP contribution in [0.4, 0.5) is 0 Å². The third kappa shape index (κ3) is 1.60. The van der Waals surface area contributed by atoms with E-state index in [1.807, 2.05) is 25.2 Å². The summed E-state index contributed by atoms with van der Waals surface area (Å²) >= 11 is 0. The molecule has 0 amide bonds. The zero-order valence-corrected chi connectivity index (χ0v) is 9.45. The van der Waals surface area contributed by atoms with Gasteiger partial charge < -0.3 is 14.6 Å². The minimum atomic E-state index is -0.753. The molecule has 4 heteroatoms. The third-order valence-electron chi connectivity index (χ3n) is 3.64. The number of esters is 1. The lowest BCUT2D eigenvalue weighted by molar-refractivity contribution is -0.155. The first-order valence-corrected chi connectivity index (χ1v) is 5.79. The van der Waals surface area contributed by atoms with Crippen molar-refractivity contribution in [2.24, 2.45) is 11.8 Å². The Morgan fingerprint density at radius 2 is 2.12 bits per heavy atom. The monoisotopic (exact) mass is 234 g/mol. The van der Waals surface area contributed by atoms with Gasteiger partial charge in [0.15, 0.2) is 0 Å². The van der Waals surface area contributed by atoms with Crippen LogP contribution in [-0.4, -0.2) is 29.4 Å². The standard InChI is InChI=1S/C13H14O4/c1-7-9-3-2-4-10(16-9)12(7)13-8(14)5-6-11(15)17-13/h2-8,10,12-14H,1H3. The highest BCUT2D eigenvalue weighted by atomic mass is 16.6. The molecule has 3 heterocycles. The first kappa shape index (κ1) is 10.6. The second kappa shape index (κ2) is 3.74. The van der Waals surface area contributed by atoms with Crippen molar-refractivity contribution in [2.75, 3.05) is 0 Å². The Morgan fingerprint density at radius 3 is 2.88 bits per heavy atom. The molecule has 0 aromatic rings. The van der Waals surface area contributed by atoms with E-state index < -0.39 is 18.2 Å². The summed E-state index contributed by atoms with van der Waals surface area (Å²) in [6, 6.07) is 0. The van der Waals surface area contributed by atoms with E-state index in [9.17, 15) is 9.90 Å². The van der Waals surface area contributed by atoms with Gasteiger partial charge in [-0.1, -0.05) is 13.0 Å². The molecule has 3 aliphatic rings. The van der Waals surface area contributed by atoms with Gasteiger partial charge in [-0.05, 0) is 18.2 Å². The number of hydrogen-bond donors (Lipinski definition) is 1. The van der Waals surface area contributed by atoms with Gasteiger partial charge in [0.25, 0.3) is 0 Å². The largest absolute Gasteiger partial charge is 0.490 e. The molecule has 1 saturated heterocycles. The van der Waals surface area contributed by atoms with E-state index in [1.165, 1.54) is 12.2 Å². The number of aliphatic hydroxyl groups excluding tert-OH is 1. The van der Waals surface area contributed by atoms with Crippen LogP contribution in [0.25, 0.3) is 0 Å². The highest BCUT2D eigenvalue weighted by Crippen LogP contribution is 2.42. The number of allylic oxidation sites excluding steroid dienone is 3. The summed E-state index contributed by atoms with van der Waals surface area (Å²) in [7, 11) is 0. The van der Waals surface area contributed by atoms with Crippen LogP contribution in [0.1, 0.15) is 6.92 Å². The molecule has 0 aliphatic carbocycles. The maximum absolute atomic E-state index is 11.3. The first-order chi connectivity index (χ1) is 8.16. The molecule has 0 radical (unpaired) electrons. The summed E-state index contributed by atoms with van der Waals surface area (Å²) in [6.07, 6.45) is 7.19. The number of carbonyl (C=O) groups is 1. The zero-order chi connectivity index (χ0) is 12.0. The fraction of sp³-hybridized carbons (Fsp3) is 0.462. The van der Waals surface area contributed by atoms with Gasteiger partial charge in [0.2, 0.25) is 0 Å². The maximum Gasteiger partial charge on any atom is 0.330 e. The molecule has 2 bridgehead atoms. The first-order valence-electron chi connectivity index (χ1n) is 5.79. The zero-order valence-electron chi connectivity index (χ0n) is 9.45. The van der Waals surface area contributed by atoms with Crippen LogP contribution in [-0.2, 0) is 14.3 Å². The van der Waals surface area contributed by atoms with E-state index in [0.717, 1.165) is 5.76 Å². The average Bonchev–Trinajstić information content (AvgIpc) is 2.54. The molecule has 5 unspecified atom stereocenters. The summed E-state index contributed by atoms with van der Waals surface area (Å²) in [5.41, 5.74) is 0. The van der Waals surface area contributed by atoms with Crippen molar-refractivity contribution in [2.45, 2.75) is 25.2 Å². The van der Waals surface area contributed by atoms with Crippen molar-refractivity contribution in [3.63, 3.8) is 0 Å². The van der Waals surface area contributed by atoms with Gasteiger partial charge in [-0.2, -0.15) is 0 Å². The maximum atomic E-state index is 11.3. The molecule has 17 heavy (non-hydrogen) atoms. The number of hydrogen-bond acceptors (Lipinski definition) is 4. The lowest BCUT2D eigenvalue weighted by Crippen LogP contribution is -2.43. The molecule has 1 N–H and O–H groups in total. The number of aliphatic hydroxyl groups is 1. The molecule has 0 saturated carbocycles. The second-order valence-electron chi connectivity index (χ2n) is 4.65. The molecule has 3 aliphatic heterocycles. The van der Waals surface area contributed by atoms with Gasteiger partial charge in [0.1, 0.15) is 24.1 Å². The summed E-state index contributed by atoms with van der Waals surface area (Å²) in [6.45, 7) is 2.03. The van der Waals surface area contributed by atoms with Gasteiger partial charge in [-0.25, -0.2) is 4.79 Å². The number of rotatable bonds is 1. The van der Waals surface area contributed by atoms with Crippen LogP contribution in [0.2, 0.25) is 0 Å². The molecule has 0 spiro atoms. The molecule has 5 atom stereocenters. The van der Waals surface area contributed by atoms with Crippen molar-refractivity contribution >= 4 is 5.97 Å². The number of cyclic esters (lactones) is 1. The van der Waals surface area contributed by atoms with Crippen LogP contribution < -0.4 is 0 Å². The van der Waals surface area contributed by atoms with E-state index in [0.29, 0.717) is 0 Å². The fourth-order valence-corrected chi connectivity index (χ4v) is 2.74. The molecule has 4 nitrogen and oxygen atoms in total. The Morgan fingerprint density at radius 1 is 1.29 bits per heavy atom. The molecule has 0 aromatic heterocycles. The number of carbonyl (C=O) groups excluding carboxylic acids is 1. The summed E-state index contributed by atoms with van der Waals surface area (Å²) in [4.78, 5) is 11.3. The lowest BCUT2D eigenvalue weighted by atomic mass is 9.83. The smallest absolute Gasteiger partial charge is 0.330 e. The minimum absolute atomic E-state index is 0.0242. The van der Waals surface area contributed by atoms with Gasteiger partial charge in [0, 0.05) is 17.9 Å². The average molecular weight is 234 g/mol. The van der Waals surface area contributed by atoms with Crippen LogP contribution in [0.15, 0.2) is 36.1 Å². The fourth-order valence-electron chi connectivity index (χ4n) is 2.74. The van der Waals surface area contributed by atoms with Crippen LogP contribution >= 0.6 is 0 Å². The predicted octanol–water partition coefficient (Wildman–Crippen LogP) is 0.934. The molecule has 90 valence electrons. The molecule has 3 rings (SSSR count). The van der Waals surface area contributed by atoms with Crippen LogP contribution in [0.3, 0.4) is 0 Å². The van der Waals surface area contributed by atoms with E-state index in [2.05, 4.69) is 0 Å². The molecule has 0 aromatic carbocycles. The second-order valence-corrected chi connectivity index (χ2v) is 4.65. The predicted molar refractivity (Wildman–Crippen MR) is 59.8 cm³/mol. The summed E-state index contributed by atoms with van der Waals surface area (Å²) in [5, 5.41) is 9.92. The van der Waals surface area contributed by atoms with Gasteiger partial charge in [0.05, 0.1) is 0 Å². The third-order valence-corrected chi connectivity index (χ3v) is 3.64. The van der Waals surface area contributed by atoms with E-state index >= 15 is 0 Å². The highest BCUT2D eigenvalue weighted by molar-refractivity contribution is 5.83. The Labute approximate surface area is 99.2 Å². The summed E-state index contributed by atoms with van der Waals surface area (Å²) in [5.74, 6) is 0.630. The SMILES string of the molecule is CC1C2=CC=CC(O2)C1C1OC(=O)C=CC1O. The Bertz CT molecular complexity index is 433. The molecule has 1 fully saturated rings. The van der Waals surface area contributed by atoms with Crippen LogP contribution in [0, 0.1) is 11.8 Å². The number of fused-ring (bicyclic) bond motifs is 2. The quantitative estimate of drug-likeness (QED) is 0.686. The van der Waals surface area contributed by atoms with Crippen molar-refractivity contribution in [3.05, 3.63) is 36.1 Å². The van der Waals surface area contributed by atoms with Crippen molar-refractivity contribution < 1.29 is 19.4 Å². The Kier molecular flexibility index (Phi) is 2.33. The van der Waals surface area contributed by atoms with Gasteiger partial charge in [-0.3, -0.25) is 0 Å². The van der Waals surface area contributed by atoms with Gasteiger partial charge >= 0.3 is 5.97 Å². The normalized spacial score (nSPS) is 43.1. The Hall–Kier alpha value is -1.55. The van der Waals surface area contributed by atoms with Crippen molar-refractivity contribution in [1.82, 2.24) is 0 Å². The van der Waals surface area contributed by atoms with Gasteiger partial charge in [-0.15, -0.1) is 0 Å². The van der Waals surface area contributed by atoms with Crippen LogP contribution in [0.5, 0.6) is 0 Å². The van der Waals surface area contributed by atoms with E-state index in [4.69, 9.17) is 9.47 Å². The lowest BCUT2D eigenvalue weighted by Gasteiger charge is -2.31. The molecular formula is C13H14O4. The topological polar surface area (TPSA) is 55.8 Å². The van der Waals surface area contributed by atoms with Crippen molar-refractivity contribution in [1.29, 1.82) is 0 Å².